The predicted octanol–water partition coefficient (Wildman–Crippen LogP) is 2.55. The number of carbonyl (C=O) groups excluding carboxylic acids is 1. The molecule has 0 atom stereocenters. The molecule has 15 heavy (non-hydrogen) atoms. The monoisotopic (exact) mass is 203 g/mol. The number of benzene rings is 1. The Hall–Kier alpha value is -1.83. The van der Waals surface area contributed by atoms with Gasteiger partial charge in [0.05, 0.1) is 0 Å². The highest BCUT2D eigenvalue weighted by molar-refractivity contribution is 5.84. The molecule has 2 nitrogen and oxygen atoms in total. The first kappa shape index (κ1) is 13.2. The fourth-order valence-corrected chi connectivity index (χ4v) is 1.06. The average Bonchev–Trinajstić information content (AvgIpc) is 2.29. The number of amides is 1. The predicted molar refractivity (Wildman–Crippen MR) is 65.3 cm³/mol. The lowest BCUT2D eigenvalue weighted by molar-refractivity contribution is -0.113. The van der Waals surface area contributed by atoms with Crippen LogP contribution in [0.5, 0.6) is 0 Å². The van der Waals surface area contributed by atoms with Crippen LogP contribution in [-0.2, 0) is 11.2 Å². The van der Waals surface area contributed by atoms with Crippen molar-refractivity contribution in [2.75, 3.05) is 0 Å². The summed E-state index contributed by atoms with van der Waals surface area (Å²) in [5.74, 6) is -0.481. The molecular formula is C13H17NO. The first-order chi connectivity index (χ1) is 7.15. The summed E-state index contributed by atoms with van der Waals surface area (Å²) in [6.45, 7) is 8.98. The van der Waals surface area contributed by atoms with Crippen molar-refractivity contribution in [3.63, 3.8) is 0 Å². The molecule has 2 N–H and O–H groups in total. The van der Waals surface area contributed by atoms with Crippen molar-refractivity contribution in [1.82, 2.24) is 0 Å². The van der Waals surface area contributed by atoms with Crippen LogP contribution in [0.1, 0.15) is 18.1 Å². The molecule has 1 rings (SSSR count). The quantitative estimate of drug-likeness (QED) is 0.754. The lowest BCUT2D eigenvalue weighted by Gasteiger charge is -1.99. The number of hydrogen-bond acceptors (Lipinski definition) is 1. The van der Waals surface area contributed by atoms with E-state index in [1.165, 1.54) is 11.1 Å². The standard InChI is InChI=1S/C10H12.C3H5NO/c1-3-9-7-5-6-8-10(9)4-2;1-2-3(4)5/h3,5-8H,1,4H2,2H3;2H,1H2,(H2,4,5). The van der Waals surface area contributed by atoms with E-state index < -0.39 is 5.91 Å². The third kappa shape index (κ3) is 5.47. The summed E-state index contributed by atoms with van der Waals surface area (Å²) in [6, 6.07) is 8.32. The van der Waals surface area contributed by atoms with E-state index in [-0.39, 0.29) is 0 Å². The normalized spacial score (nSPS) is 8.33. The van der Waals surface area contributed by atoms with Crippen molar-refractivity contribution >= 4 is 12.0 Å². The molecular weight excluding hydrogens is 186 g/mol. The van der Waals surface area contributed by atoms with Crippen molar-refractivity contribution in [2.24, 2.45) is 5.73 Å². The SMILES string of the molecule is C=CC(N)=O.C=Cc1ccccc1CC. The number of rotatable bonds is 3. The van der Waals surface area contributed by atoms with E-state index in [9.17, 15) is 4.79 Å². The molecule has 0 unspecified atom stereocenters. The highest BCUT2D eigenvalue weighted by Gasteiger charge is 1.91. The van der Waals surface area contributed by atoms with Gasteiger partial charge in [0.1, 0.15) is 0 Å². The second kappa shape index (κ2) is 7.56. The van der Waals surface area contributed by atoms with Gasteiger partial charge in [-0.15, -0.1) is 0 Å². The van der Waals surface area contributed by atoms with Gasteiger partial charge in [-0.2, -0.15) is 0 Å². The number of primary amides is 1. The molecule has 0 aromatic heterocycles. The summed E-state index contributed by atoms with van der Waals surface area (Å²) in [4.78, 5) is 9.47. The van der Waals surface area contributed by atoms with Gasteiger partial charge in [-0.05, 0) is 23.6 Å². The Labute approximate surface area is 91.1 Å². The minimum Gasteiger partial charge on any atom is -0.366 e. The van der Waals surface area contributed by atoms with E-state index in [2.05, 4.69) is 44.0 Å². The summed E-state index contributed by atoms with van der Waals surface area (Å²) in [5, 5.41) is 0. The Kier molecular flexibility index (Phi) is 6.64. The summed E-state index contributed by atoms with van der Waals surface area (Å²) in [7, 11) is 0. The summed E-state index contributed by atoms with van der Waals surface area (Å²) in [5.41, 5.74) is 7.16. The van der Waals surface area contributed by atoms with E-state index in [1.807, 2.05) is 12.1 Å². The second-order valence-corrected chi connectivity index (χ2v) is 2.86. The molecule has 80 valence electrons. The fourth-order valence-electron chi connectivity index (χ4n) is 1.06. The van der Waals surface area contributed by atoms with Gasteiger partial charge in [-0.25, -0.2) is 0 Å². The van der Waals surface area contributed by atoms with Gasteiger partial charge in [0.15, 0.2) is 0 Å². The molecule has 1 aromatic carbocycles. The molecule has 0 spiro atoms. The number of hydrogen-bond donors (Lipinski definition) is 1. The summed E-state index contributed by atoms with van der Waals surface area (Å²) < 4.78 is 0. The minimum absolute atomic E-state index is 0.481. The van der Waals surface area contributed by atoms with Crippen LogP contribution in [0.25, 0.3) is 6.08 Å². The van der Waals surface area contributed by atoms with E-state index in [0.29, 0.717) is 0 Å². The number of aryl methyl sites for hydroxylation is 1. The van der Waals surface area contributed by atoms with Gasteiger partial charge in [-0.1, -0.05) is 50.4 Å². The van der Waals surface area contributed by atoms with Gasteiger partial charge >= 0.3 is 0 Å². The molecule has 0 aliphatic heterocycles. The van der Waals surface area contributed by atoms with Gasteiger partial charge in [-0.3, -0.25) is 4.79 Å². The zero-order chi connectivity index (χ0) is 11.7. The third-order valence-corrected chi connectivity index (χ3v) is 1.86. The highest BCUT2D eigenvalue weighted by atomic mass is 16.1. The molecule has 0 fully saturated rings. The lowest BCUT2D eigenvalue weighted by Crippen LogP contribution is -2.04. The van der Waals surface area contributed by atoms with Crippen LogP contribution < -0.4 is 5.73 Å². The van der Waals surface area contributed by atoms with Crippen LogP contribution in [0.3, 0.4) is 0 Å². The van der Waals surface area contributed by atoms with Crippen LogP contribution in [0.15, 0.2) is 43.5 Å². The van der Waals surface area contributed by atoms with Crippen molar-refractivity contribution in [2.45, 2.75) is 13.3 Å². The summed E-state index contributed by atoms with van der Waals surface area (Å²) in [6.07, 6.45) is 4.04. The molecule has 0 aliphatic carbocycles. The van der Waals surface area contributed by atoms with Crippen LogP contribution in [-0.4, -0.2) is 5.91 Å². The van der Waals surface area contributed by atoms with Crippen LogP contribution in [0, 0.1) is 0 Å². The Balaban J connectivity index is 0.000000336. The molecule has 1 aromatic rings. The average molecular weight is 203 g/mol. The second-order valence-electron chi connectivity index (χ2n) is 2.86. The topological polar surface area (TPSA) is 43.1 Å². The first-order valence-electron chi connectivity index (χ1n) is 4.77. The first-order valence-corrected chi connectivity index (χ1v) is 4.77. The van der Waals surface area contributed by atoms with Gasteiger partial charge < -0.3 is 5.73 Å². The van der Waals surface area contributed by atoms with Crippen LogP contribution in [0.2, 0.25) is 0 Å². The lowest BCUT2D eigenvalue weighted by atomic mass is 10.1. The van der Waals surface area contributed by atoms with Gasteiger partial charge in [0.2, 0.25) is 5.91 Å². The van der Waals surface area contributed by atoms with Crippen molar-refractivity contribution < 1.29 is 4.79 Å². The number of carbonyl (C=O) groups is 1. The Morgan fingerprint density at radius 3 is 2.27 bits per heavy atom. The Morgan fingerprint density at radius 1 is 1.40 bits per heavy atom. The zero-order valence-corrected chi connectivity index (χ0v) is 9.07. The Morgan fingerprint density at radius 2 is 1.93 bits per heavy atom. The molecule has 2 heteroatoms. The smallest absolute Gasteiger partial charge is 0.240 e. The van der Waals surface area contributed by atoms with E-state index in [4.69, 9.17) is 0 Å². The maximum atomic E-state index is 9.47. The van der Waals surface area contributed by atoms with Gasteiger partial charge in [0.25, 0.3) is 0 Å². The zero-order valence-electron chi connectivity index (χ0n) is 9.07. The molecule has 0 saturated carbocycles. The van der Waals surface area contributed by atoms with Gasteiger partial charge in [0, 0.05) is 0 Å². The van der Waals surface area contributed by atoms with E-state index in [1.54, 1.807) is 0 Å². The van der Waals surface area contributed by atoms with Crippen molar-refractivity contribution in [3.05, 3.63) is 54.6 Å². The van der Waals surface area contributed by atoms with E-state index in [0.717, 1.165) is 12.5 Å². The molecule has 0 saturated heterocycles. The van der Waals surface area contributed by atoms with E-state index >= 15 is 0 Å². The van der Waals surface area contributed by atoms with Crippen LogP contribution in [0.4, 0.5) is 0 Å². The summed E-state index contributed by atoms with van der Waals surface area (Å²) >= 11 is 0. The molecule has 0 radical (unpaired) electrons. The molecule has 0 heterocycles. The third-order valence-electron chi connectivity index (χ3n) is 1.86. The van der Waals surface area contributed by atoms with Crippen LogP contribution >= 0.6 is 0 Å². The van der Waals surface area contributed by atoms with Crippen molar-refractivity contribution in [3.8, 4) is 0 Å². The maximum Gasteiger partial charge on any atom is 0.240 e. The molecule has 0 bridgehead atoms. The highest BCUT2D eigenvalue weighted by Crippen LogP contribution is 2.09. The fraction of sp³-hybridized carbons (Fsp3) is 0.154. The molecule has 0 aliphatic rings. The minimum atomic E-state index is -0.481. The Bertz CT molecular complexity index is 342. The number of nitrogens with two attached hydrogens (primary N) is 1. The molecule has 1 amide bonds. The van der Waals surface area contributed by atoms with Crippen molar-refractivity contribution in [1.29, 1.82) is 0 Å². The largest absolute Gasteiger partial charge is 0.366 e. The maximum absolute atomic E-state index is 9.47.